The maximum Gasteiger partial charge on any atom is 0.125 e. The fourth-order valence-corrected chi connectivity index (χ4v) is 1.87. The summed E-state index contributed by atoms with van der Waals surface area (Å²) in [5, 5.41) is 6.43. The quantitative estimate of drug-likeness (QED) is 0.858. The van der Waals surface area contributed by atoms with Crippen LogP contribution in [0, 0.1) is 6.92 Å². The lowest BCUT2D eigenvalue weighted by atomic mass is 10.3. The highest BCUT2D eigenvalue weighted by Crippen LogP contribution is 2.06. The van der Waals surface area contributed by atoms with Crippen molar-refractivity contribution in [2.45, 2.75) is 13.3 Å². The number of nitrogens with one attached hydrogen (secondary N) is 1. The Labute approximate surface area is 93.2 Å². The fraction of sp³-hybridized carbons (Fsp3) is 0.273. The third-order valence-electron chi connectivity index (χ3n) is 2.04. The molecule has 0 bridgehead atoms. The molecule has 0 atom stereocenters. The predicted molar refractivity (Wildman–Crippen MR) is 63.3 cm³/mol. The molecule has 3 nitrogen and oxygen atoms in total. The molecule has 15 heavy (non-hydrogen) atoms. The van der Waals surface area contributed by atoms with Crippen LogP contribution < -0.4 is 5.32 Å². The smallest absolute Gasteiger partial charge is 0.125 e. The number of nitrogens with zero attached hydrogens (tertiary/aromatic N) is 2. The van der Waals surface area contributed by atoms with E-state index in [0.29, 0.717) is 0 Å². The molecule has 2 heterocycles. The Balaban J connectivity index is 1.81. The first kappa shape index (κ1) is 10.1. The van der Waals surface area contributed by atoms with Crippen molar-refractivity contribution in [3.05, 3.63) is 40.5 Å². The van der Waals surface area contributed by atoms with Gasteiger partial charge in [-0.2, -0.15) is 0 Å². The largest absolute Gasteiger partial charge is 0.370 e. The molecule has 0 saturated heterocycles. The van der Waals surface area contributed by atoms with Crippen LogP contribution in [-0.4, -0.2) is 16.5 Å². The summed E-state index contributed by atoms with van der Waals surface area (Å²) in [5.41, 5.74) is 1.18. The molecule has 2 aromatic rings. The minimum absolute atomic E-state index is 0.879. The van der Waals surface area contributed by atoms with Gasteiger partial charge in [-0.1, -0.05) is 6.07 Å². The van der Waals surface area contributed by atoms with Gasteiger partial charge >= 0.3 is 0 Å². The fourth-order valence-electron chi connectivity index (χ4n) is 1.25. The zero-order chi connectivity index (χ0) is 10.5. The normalized spacial score (nSPS) is 10.2. The highest BCUT2D eigenvalue weighted by molar-refractivity contribution is 7.09. The van der Waals surface area contributed by atoms with Crippen molar-refractivity contribution in [3.63, 3.8) is 0 Å². The number of hydrogen-bond donors (Lipinski definition) is 1. The van der Waals surface area contributed by atoms with Crippen LogP contribution in [0.15, 0.2) is 29.9 Å². The molecule has 1 N–H and O–H groups in total. The van der Waals surface area contributed by atoms with Crippen LogP contribution >= 0.6 is 11.3 Å². The minimum atomic E-state index is 0.879. The van der Waals surface area contributed by atoms with Gasteiger partial charge in [-0.25, -0.2) is 9.97 Å². The van der Waals surface area contributed by atoms with Crippen molar-refractivity contribution in [2.75, 3.05) is 11.9 Å². The van der Waals surface area contributed by atoms with E-state index in [0.717, 1.165) is 23.8 Å². The van der Waals surface area contributed by atoms with E-state index in [-0.39, 0.29) is 0 Å². The van der Waals surface area contributed by atoms with E-state index in [2.05, 4.69) is 21.4 Å². The predicted octanol–water partition coefficient (Wildman–Crippen LogP) is 2.50. The number of aromatic nitrogens is 2. The van der Waals surface area contributed by atoms with Crippen LogP contribution in [0.5, 0.6) is 0 Å². The SMILES string of the molecule is Cc1ccc(NCCc2nccs2)nc1. The lowest BCUT2D eigenvalue weighted by Crippen LogP contribution is -2.05. The molecule has 0 aliphatic rings. The third kappa shape index (κ3) is 3.02. The molecule has 0 aliphatic carbocycles. The highest BCUT2D eigenvalue weighted by Gasteiger charge is 1.96. The van der Waals surface area contributed by atoms with Gasteiger partial charge in [0.1, 0.15) is 5.82 Å². The topological polar surface area (TPSA) is 37.8 Å². The van der Waals surface area contributed by atoms with E-state index in [9.17, 15) is 0 Å². The zero-order valence-corrected chi connectivity index (χ0v) is 9.42. The molecule has 2 aromatic heterocycles. The Morgan fingerprint density at radius 2 is 2.27 bits per heavy atom. The third-order valence-corrected chi connectivity index (χ3v) is 2.88. The van der Waals surface area contributed by atoms with Crippen molar-refractivity contribution in [1.29, 1.82) is 0 Å². The molecule has 0 aromatic carbocycles. The van der Waals surface area contributed by atoms with Crippen molar-refractivity contribution >= 4 is 17.2 Å². The maximum atomic E-state index is 4.27. The molecular weight excluding hydrogens is 206 g/mol. The summed E-state index contributed by atoms with van der Waals surface area (Å²) in [6, 6.07) is 4.05. The van der Waals surface area contributed by atoms with Gasteiger partial charge < -0.3 is 5.32 Å². The maximum absolute atomic E-state index is 4.27. The molecule has 0 spiro atoms. The van der Waals surface area contributed by atoms with Crippen LogP contribution in [0.1, 0.15) is 10.6 Å². The van der Waals surface area contributed by atoms with E-state index >= 15 is 0 Å². The van der Waals surface area contributed by atoms with Crippen molar-refractivity contribution in [2.24, 2.45) is 0 Å². The monoisotopic (exact) mass is 219 g/mol. The van der Waals surface area contributed by atoms with Crippen LogP contribution in [0.4, 0.5) is 5.82 Å². The van der Waals surface area contributed by atoms with E-state index in [4.69, 9.17) is 0 Å². The number of anilines is 1. The molecule has 78 valence electrons. The summed E-state index contributed by atoms with van der Waals surface area (Å²) in [4.78, 5) is 8.49. The number of hydrogen-bond acceptors (Lipinski definition) is 4. The summed E-state index contributed by atoms with van der Waals surface area (Å²) in [6.07, 6.45) is 4.66. The number of pyridine rings is 1. The first-order chi connectivity index (χ1) is 7.34. The lowest BCUT2D eigenvalue weighted by Gasteiger charge is -2.03. The summed E-state index contributed by atoms with van der Waals surface area (Å²) >= 11 is 1.69. The van der Waals surface area contributed by atoms with E-state index < -0.39 is 0 Å². The Hall–Kier alpha value is -1.42. The first-order valence-electron chi connectivity index (χ1n) is 4.89. The summed E-state index contributed by atoms with van der Waals surface area (Å²) in [6.45, 7) is 2.91. The van der Waals surface area contributed by atoms with Gasteiger partial charge in [-0.15, -0.1) is 11.3 Å². The second kappa shape index (κ2) is 4.89. The van der Waals surface area contributed by atoms with Gasteiger partial charge in [0.25, 0.3) is 0 Å². The van der Waals surface area contributed by atoms with Crippen LogP contribution in [0.3, 0.4) is 0 Å². The molecule has 4 heteroatoms. The van der Waals surface area contributed by atoms with Gasteiger partial charge in [0.05, 0.1) is 5.01 Å². The van der Waals surface area contributed by atoms with Crippen molar-refractivity contribution in [3.8, 4) is 0 Å². The Kier molecular flexibility index (Phi) is 3.29. The molecule has 0 radical (unpaired) electrons. The second-order valence-corrected chi connectivity index (χ2v) is 4.30. The second-order valence-electron chi connectivity index (χ2n) is 3.32. The average molecular weight is 219 g/mol. The molecule has 0 amide bonds. The van der Waals surface area contributed by atoms with Crippen LogP contribution in [0.2, 0.25) is 0 Å². The Morgan fingerprint density at radius 3 is 2.93 bits per heavy atom. The van der Waals surface area contributed by atoms with E-state index in [1.54, 1.807) is 11.3 Å². The number of aryl methyl sites for hydroxylation is 1. The number of rotatable bonds is 4. The Morgan fingerprint density at radius 1 is 1.33 bits per heavy atom. The molecule has 0 aliphatic heterocycles. The summed E-state index contributed by atoms with van der Waals surface area (Å²) in [5.74, 6) is 0.928. The van der Waals surface area contributed by atoms with Crippen LogP contribution in [0.25, 0.3) is 0 Å². The van der Waals surface area contributed by atoms with Gasteiger partial charge in [-0.3, -0.25) is 0 Å². The molecule has 2 rings (SSSR count). The van der Waals surface area contributed by atoms with Gasteiger partial charge in [0.15, 0.2) is 0 Å². The van der Waals surface area contributed by atoms with Crippen molar-refractivity contribution < 1.29 is 0 Å². The van der Waals surface area contributed by atoms with Crippen LogP contribution in [-0.2, 0) is 6.42 Å². The standard InChI is InChI=1S/C11H13N3S/c1-9-2-3-10(14-8-9)12-5-4-11-13-6-7-15-11/h2-3,6-8H,4-5H2,1H3,(H,12,14). The zero-order valence-electron chi connectivity index (χ0n) is 8.60. The highest BCUT2D eigenvalue weighted by atomic mass is 32.1. The minimum Gasteiger partial charge on any atom is -0.370 e. The molecule has 0 unspecified atom stereocenters. The van der Waals surface area contributed by atoms with E-state index in [1.165, 1.54) is 5.56 Å². The van der Waals surface area contributed by atoms with Gasteiger partial charge in [0.2, 0.25) is 0 Å². The number of thiazole rings is 1. The molecule has 0 fully saturated rings. The van der Waals surface area contributed by atoms with E-state index in [1.807, 2.05) is 30.8 Å². The first-order valence-corrected chi connectivity index (χ1v) is 5.77. The molecular formula is C11H13N3S. The molecule has 0 saturated carbocycles. The summed E-state index contributed by atoms with van der Waals surface area (Å²) < 4.78 is 0. The lowest BCUT2D eigenvalue weighted by molar-refractivity contribution is 0.986. The van der Waals surface area contributed by atoms with Gasteiger partial charge in [0, 0.05) is 30.7 Å². The summed E-state index contributed by atoms with van der Waals surface area (Å²) in [7, 11) is 0. The van der Waals surface area contributed by atoms with Crippen molar-refractivity contribution in [1.82, 2.24) is 9.97 Å². The Bertz CT molecular complexity index is 394. The average Bonchev–Trinajstić information content (AvgIpc) is 2.74. The van der Waals surface area contributed by atoms with Gasteiger partial charge in [-0.05, 0) is 18.6 Å².